The Hall–Kier alpha value is -3.18. The summed E-state index contributed by atoms with van der Waals surface area (Å²) in [7, 11) is 0. The summed E-state index contributed by atoms with van der Waals surface area (Å²) >= 11 is 0. The summed E-state index contributed by atoms with van der Waals surface area (Å²) in [5, 5.41) is 25.6. The van der Waals surface area contributed by atoms with Crippen molar-refractivity contribution in [2.24, 2.45) is 11.5 Å². The molecule has 9 N–H and O–H groups in total. The number of nitrogens with two attached hydrogens (primary N) is 2. The first-order valence-corrected chi connectivity index (χ1v) is 9.97. The number of carboxylic acid groups (broad SMARTS) is 1. The molecule has 3 atom stereocenters. The minimum absolute atomic E-state index is 0.0985. The Morgan fingerprint density at radius 3 is 2.26 bits per heavy atom. The van der Waals surface area contributed by atoms with E-state index < -0.39 is 48.4 Å². The molecule has 1 aromatic rings. The lowest BCUT2D eigenvalue weighted by atomic mass is 10.1. The van der Waals surface area contributed by atoms with Gasteiger partial charge in [0, 0.05) is 0 Å². The Labute approximate surface area is 180 Å². The fourth-order valence-corrected chi connectivity index (χ4v) is 2.68. The molecule has 3 amide bonds. The van der Waals surface area contributed by atoms with E-state index in [1.165, 1.54) is 19.1 Å². The molecular formula is C20H31N5O6. The molecule has 0 bridgehead atoms. The van der Waals surface area contributed by atoms with Gasteiger partial charge in [-0.05, 0) is 56.8 Å². The molecule has 3 unspecified atom stereocenters. The first-order chi connectivity index (χ1) is 14.6. The molecule has 0 radical (unpaired) electrons. The van der Waals surface area contributed by atoms with Gasteiger partial charge in [0.2, 0.25) is 17.7 Å². The second kappa shape index (κ2) is 13.2. The van der Waals surface area contributed by atoms with Crippen molar-refractivity contribution in [3.8, 4) is 5.75 Å². The first kappa shape index (κ1) is 25.9. The van der Waals surface area contributed by atoms with Gasteiger partial charge in [0.1, 0.15) is 17.8 Å². The van der Waals surface area contributed by atoms with Gasteiger partial charge in [-0.15, -0.1) is 0 Å². The summed E-state index contributed by atoms with van der Waals surface area (Å²) in [5.74, 6) is -2.89. The molecule has 0 aliphatic heterocycles. The largest absolute Gasteiger partial charge is 0.508 e. The summed E-state index contributed by atoms with van der Waals surface area (Å²) in [4.78, 5) is 47.5. The number of nitrogens with one attached hydrogen (secondary N) is 3. The van der Waals surface area contributed by atoms with Crippen molar-refractivity contribution in [1.29, 1.82) is 0 Å². The Bertz CT molecular complexity index is 755. The maximum absolute atomic E-state index is 12.2. The van der Waals surface area contributed by atoms with Crippen LogP contribution >= 0.6 is 0 Å². The van der Waals surface area contributed by atoms with Crippen LogP contribution in [0.25, 0.3) is 0 Å². The van der Waals surface area contributed by atoms with Crippen LogP contribution in [0.1, 0.15) is 31.7 Å². The Morgan fingerprint density at radius 2 is 1.68 bits per heavy atom. The SMILES string of the molecule is CC(NC(=O)C(N)Cc1ccc(O)cc1)C(=O)NCC(=O)NC(CCCCN)C(=O)O. The zero-order chi connectivity index (χ0) is 23.4. The average molecular weight is 437 g/mol. The van der Waals surface area contributed by atoms with Crippen molar-refractivity contribution in [2.75, 3.05) is 13.1 Å². The van der Waals surface area contributed by atoms with Crippen LogP contribution in [0, 0.1) is 0 Å². The molecule has 172 valence electrons. The maximum Gasteiger partial charge on any atom is 0.326 e. The van der Waals surface area contributed by atoms with Gasteiger partial charge in [0.05, 0.1) is 12.6 Å². The molecule has 0 aromatic heterocycles. The number of benzene rings is 1. The maximum atomic E-state index is 12.2. The number of rotatable bonds is 13. The first-order valence-electron chi connectivity index (χ1n) is 9.97. The number of carboxylic acids is 1. The Morgan fingerprint density at radius 1 is 1.03 bits per heavy atom. The summed E-state index contributed by atoms with van der Waals surface area (Å²) < 4.78 is 0. The fourth-order valence-electron chi connectivity index (χ4n) is 2.68. The summed E-state index contributed by atoms with van der Waals surface area (Å²) in [6.07, 6.45) is 1.64. The van der Waals surface area contributed by atoms with Gasteiger partial charge in [0.25, 0.3) is 0 Å². The Balaban J connectivity index is 2.42. The summed E-state index contributed by atoms with van der Waals surface area (Å²) in [6, 6.07) is 3.31. The minimum atomic E-state index is -1.17. The Kier molecular flexibility index (Phi) is 11.0. The molecule has 11 heteroatoms. The van der Waals surface area contributed by atoms with Crippen LogP contribution in [-0.2, 0) is 25.6 Å². The predicted octanol–water partition coefficient (Wildman–Crippen LogP) is -1.42. The number of carbonyl (C=O) groups excluding carboxylic acids is 3. The molecule has 0 aliphatic carbocycles. The number of phenols is 1. The number of phenolic OH excluding ortho intramolecular Hbond substituents is 1. The smallest absolute Gasteiger partial charge is 0.326 e. The third kappa shape index (κ3) is 9.92. The molecule has 0 saturated carbocycles. The number of amides is 3. The lowest BCUT2D eigenvalue weighted by Crippen LogP contribution is -2.52. The van der Waals surface area contributed by atoms with E-state index in [0.717, 1.165) is 5.56 Å². The van der Waals surface area contributed by atoms with E-state index in [4.69, 9.17) is 16.6 Å². The van der Waals surface area contributed by atoms with Crippen LogP contribution in [0.3, 0.4) is 0 Å². The molecule has 1 aromatic carbocycles. The highest BCUT2D eigenvalue weighted by Crippen LogP contribution is 2.11. The monoisotopic (exact) mass is 437 g/mol. The van der Waals surface area contributed by atoms with Crippen molar-refractivity contribution in [3.63, 3.8) is 0 Å². The summed E-state index contributed by atoms with van der Waals surface area (Å²) in [6.45, 7) is 1.43. The van der Waals surface area contributed by atoms with Crippen molar-refractivity contribution in [3.05, 3.63) is 29.8 Å². The summed E-state index contributed by atoms with van der Waals surface area (Å²) in [5.41, 5.74) is 12.0. The zero-order valence-corrected chi connectivity index (χ0v) is 17.5. The van der Waals surface area contributed by atoms with Crippen LogP contribution in [0.15, 0.2) is 24.3 Å². The standard InChI is InChI=1S/C20H31N5O6/c1-12(24-19(29)15(22)10-13-5-7-14(26)8-6-13)18(28)23-11-17(27)25-16(20(30)31)4-2-3-9-21/h5-8,12,15-16,26H,2-4,9-11,21-22H2,1H3,(H,23,28)(H,24,29)(H,25,27)(H,30,31). The topological polar surface area (TPSA) is 197 Å². The van der Waals surface area contributed by atoms with Gasteiger partial charge in [-0.25, -0.2) is 4.79 Å². The third-order valence-electron chi connectivity index (χ3n) is 4.48. The average Bonchev–Trinajstić information content (AvgIpc) is 2.72. The van der Waals surface area contributed by atoms with Gasteiger partial charge >= 0.3 is 5.97 Å². The lowest BCUT2D eigenvalue weighted by molar-refractivity contribution is -0.142. The van der Waals surface area contributed by atoms with E-state index in [1.807, 2.05) is 0 Å². The predicted molar refractivity (Wildman–Crippen MR) is 113 cm³/mol. The van der Waals surface area contributed by atoms with Gasteiger partial charge in [-0.3, -0.25) is 14.4 Å². The molecule has 0 spiro atoms. The highest BCUT2D eigenvalue weighted by Gasteiger charge is 2.22. The molecule has 11 nitrogen and oxygen atoms in total. The van der Waals surface area contributed by atoms with Gasteiger partial charge in [-0.1, -0.05) is 12.1 Å². The van der Waals surface area contributed by atoms with E-state index in [9.17, 15) is 24.3 Å². The van der Waals surface area contributed by atoms with E-state index in [1.54, 1.807) is 12.1 Å². The van der Waals surface area contributed by atoms with E-state index in [2.05, 4.69) is 16.0 Å². The van der Waals surface area contributed by atoms with Crippen LogP contribution in [0.4, 0.5) is 0 Å². The lowest BCUT2D eigenvalue weighted by Gasteiger charge is -2.18. The van der Waals surface area contributed by atoms with Crippen LogP contribution in [0.5, 0.6) is 5.75 Å². The minimum Gasteiger partial charge on any atom is -0.508 e. The van der Waals surface area contributed by atoms with Crippen molar-refractivity contribution >= 4 is 23.7 Å². The number of hydrogen-bond acceptors (Lipinski definition) is 7. The fraction of sp³-hybridized carbons (Fsp3) is 0.500. The highest BCUT2D eigenvalue weighted by molar-refractivity contribution is 5.92. The molecule has 0 fully saturated rings. The quantitative estimate of drug-likeness (QED) is 0.182. The van der Waals surface area contributed by atoms with Gasteiger partial charge in [-0.2, -0.15) is 0 Å². The zero-order valence-electron chi connectivity index (χ0n) is 17.5. The highest BCUT2D eigenvalue weighted by atomic mass is 16.4. The number of unbranched alkanes of at least 4 members (excludes halogenated alkanes) is 1. The van der Waals surface area contributed by atoms with Crippen LogP contribution in [0.2, 0.25) is 0 Å². The van der Waals surface area contributed by atoms with Gasteiger partial charge in [0.15, 0.2) is 0 Å². The van der Waals surface area contributed by atoms with E-state index in [0.29, 0.717) is 19.4 Å². The number of aliphatic carboxylic acids is 1. The number of aromatic hydroxyl groups is 1. The van der Waals surface area contributed by atoms with E-state index in [-0.39, 0.29) is 18.6 Å². The third-order valence-corrected chi connectivity index (χ3v) is 4.48. The second-order valence-electron chi connectivity index (χ2n) is 7.17. The van der Waals surface area contributed by atoms with Crippen molar-refractivity contribution in [2.45, 2.75) is 50.7 Å². The molecule has 31 heavy (non-hydrogen) atoms. The van der Waals surface area contributed by atoms with Gasteiger partial charge < -0.3 is 37.6 Å². The molecule has 0 saturated heterocycles. The normalized spacial score (nSPS) is 13.5. The van der Waals surface area contributed by atoms with Crippen LogP contribution in [-0.4, -0.2) is 65.1 Å². The van der Waals surface area contributed by atoms with Crippen molar-refractivity contribution in [1.82, 2.24) is 16.0 Å². The van der Waals surface area contributed by atoms with E-state index >= 15 is 0 Å². The second-order valence-corrected chi connectivity index (χ2v) is 7.17. The number of carbonyl (C=O) groups is 4. The molecular weight excluding hydrogens is 406 g/mol. The number of hydrogen-bond donors (Lipinski definition) is 7. The van der Waals surface area contributed by atoms with Crippen LogP contribution < -0.4 is 27.4 Å². The molecule has 1 rings (SSSR count). The van der Waals surface area contributed by atoms with Crippen molar-refractivity contribution < 1.29 is 29.4 Å². The molecule has 0 heterocycles. The molecule has 0 aliphatic rings.